The van der Waals surface area contributed by atoms with Crippen LogP contribution in [0.4, 0.5) is 5.82 Å². The molecule has 2 rings (SSSR count). The van der Waals surface area contributed by atoms with E-state index < -0.39 is 0 Å². The molecular formula is C16H19N3. The molecule has 0 saturated heterocycles. The van der Waals surface area contributed by atoms with Crippen molar-refractivity contribution >= 4 is 16.7 Å². The van der Waals surface area contributed by atoms with Gasteiger partial charge in [-0.25, -0.2) is 4.98 Å². The lowest BCUT2D eigenvalue weighted by atomic mass is 10.1. The highest BCUT2D eigenvalue weighted by molar-refractivity contribution is 5.84. The van der Waals surface area contributed by atoms with E-state index in [0.717, 1.165) is 35.4 Å². The quantitative estimate of drug-likeness (QED) is 0.805. The van der Waals surface area contributed by atoms with E-state index in [2.05, 4.69) is 30.2 Å². The lowest BCUT2D eigenvalue weighted by Crippen LogP contribution is -2.24. The zero-order valence-electron chi connectivity index (χ0n) is 11.0. The van der Waals surface area contributed by atoms with E-state index in [-0.39, 0.29) is 0 Å². The topological polar surface area (TPSA) is 42.1 Å². The fourth-order valence-electron chi connectivity index (χ4n) is 2.14. The maximum absolute atomic E-state index is 5.85. The summed E-state index contributed by atoms with van der Waals surface area (Å²) in [4.78, 5) is 6.81. The zero-order valence-corrected chi connectivity index (χ0v) is 11.0. The van der Waals surface area contributed by atoms with Crippen LogP contribution in [0.3, 0.4) is 0 Å². The average molecular weight is 253 g/mol. The normalized spacial score (nSPS) is 10.4. The number of pyridine rings is 1. The molecule has 0 aliphatic carbocycles. The summed E-state index contributed by atoms with van der Waals surface area (Å²) in [6, 6.07) is 10.1. The standard InChI is InChI=1S/C16H19N3/c1-3-9-19(10-4-2)16-11-13(12-17)14-7-5-6-8-15(14)18-16/h3-8,11H,1-2,9-10,12,17H2. The number of rotatable bonds is 6. The van der Waals surface area contributed by atoms with Crippen molar-refractivity contribution in [3.8, 4) is 0 Å². The van der Waals surface area contributed by atoms with Gasteiger partial charge in [0.15, 0.2) is 0 Å². The van der Waals surface area contributed by atoms with Crippen molar-refractivity contribution in [3.63, 3.8) is 0 Å². The number of nitrogens with zero attached hydrogens (tertiary/aromatic N) is 2. The molecule has 0 bridgehead atoms. The summed E-state index contributed by atoms with van der Waals surface area (Å²) < 4.78 is 0. The van der Waals surface area contributed by atoms with Gasteiger partial charge >= 0.3 is 0 Å². The Bertz CT molecular complexity index is 580. The van der Waals surface area contributed by atoms with Crippen LogP contribution in [0.1, 0.15) is 5.56 Å². The van der Waals surface area contributed by atoms with Crippen molar-refractivity contribution < 1.29 is 0 Å². The number of fused-ring (bicyclic) bond motifs is 1. The minimum Gasteiger partial charge on any atom is -0.349 e. The highest BCUT2D eigenvalue weighted by Crippen LogP contribution is 2.22. The minimum absolute atomic E-state index is 0.506. The smallest absolute Gasteiger partial charge is 0.130 e. The molecule has 1 aromatic heterocycles. The molecule has 0 saturated carbocycles. The van der Waals surface area contributed by atoms with Crippen molar-refractivity contribution in [2.45, 2.75) is 6.54 Å². The fraction of sp³-hybridized carbons (Fsp3) is 0.188. The van der Waals surface area contributed by atoms with Crippen LogP contribution in [0.2, 0.25) is 0 Å². The molecular weight excluding hydrogens is 234 g/mol. The Labute approximate surface area is 114 Å². The van der Waals surface area contributed by atoms with E-state index in [9.17, 15) is 0 Å². The Morgan fingerprint density at radius 2 is 1.84 bits per heavy atom. The van der Waals surface area contributed by atoms with E-state index >= 15 is 0 Å². The van der Waals surface area contributed by atoms with Crippen molar-refractivity contribution in [2.24, 2.45) is 5.73 Å². The van der Waals surface area contributed by atoms with Crippen LogP contribution in [-0.2, 0) is 6.54 Å². The van der Waals surface area contributed by atoms with Crippen molar-refractivity contribution in [3.05, 3.63) is 61.2 Å². The number of hydrogen-bond donors (Lipinski definition) is 1. The number of anilines is 1. The van der Waals surface area contributed by atoms with Crippen LogP contribution >= 0.6 is 0 Å². The first-order valence-corrected chi connectivity index (χ1v) is 6.35. The Balaban J connectivity index is 2.53. The summed E-state index contributed by atoms with van der Waals surface area (Å²) in [5.41, 5.74) is 7.93. The molecule has 1 heterocycles. The Kier molecular flexibility index (Phi) is 4.31. The summed E-state index contributed by atoms with van der Waals surface area (Å²) in [7, 11) is 0. The summed E-state index contributed by atoms with van der Waals surface area (Å²) in [5.74, 6) is 0.916. The lowest BCUT2D eigenvalue weighted by molar-refractivity contribution is 0.927. The first-order valence-electron chi connectivity index (χ1n) is 6.35. The lowest BCUT2D eigenvalue weighted by Gasteiger charge is -2.21. The van der Waals surface area contributed by atoms with Gasteiger partial charge in [0.2, 0.25) is 0 Å². The molecule has 0 atom stereocenters. The SMILES string of the molecule is C=CCN(CC=C)c1cc(CN)c2ccccc2n1. The van der Waals surface area contributed by atoms with E-state index in [1.54, 1.807) is 0 Å². The summed E-state index contributed by atoms with van der Waals surface area (Å²) >= 11 is 0. The van der Waals surface area contributed by atoms with E-state index in [1.807, 2.05) is 30.4 Å². The molecule has 0 aliphatic rings. The molecule has 0 fully saturated rings. The average Bonchev–Trinajstić information content (AvgIpc) is 2.46. The van der Waals surface area contributed by atoms with Crippen LogP contribution in [0.25, 0.3) is 10.9 Å². The molecule has 1 aromatic carbocycles. The molecule has 0 radical (unpaired) electrons. The van der Waals surface area contributed by atoms with Crippen molar-refractivity contribution in [1.29, 1.82) is 0 Å². The molecule has 98 valence electrons. The highest BCUT2D eigenvalue weighted by Gasteiger charge is 2.09. The maximum Gasteiger partial charge on any atom is 0.130 e. The zero-order chi connectivity index (χ0) is 13.7. The molecule has 2 aromatic rings. The molecule has 0 unspecified atom stereocenters. The number of benzene rings is 1. The van der Waals surface area contributed by atoms with Gasteiger partial charge in [0, 0.05) is 25.0 Å². The van der Waals surface area contributed by atoms with Crippen molar-refractivity contribution in [1.82, 2.24) is 4.98 Å². The van der Waals surface area contributed by atoms with Gasteiger partial charge in [-0.3, -0.25) is 0 Å². The minimum atomic E-state index is 0.506. The van der Waals surface area contributed by atoms with Gasteiger partial charge in [-0.15, -0.1) is 13.2 Å². The third-order valence-electron chi connectivity index (χ3n) is 3.03. The second-order valence-electron chi connectivity index (χ2n) is 4.34. The molecule has 0 amide bonds. The Hall–Kier alpha value is -2.13. The van der Waals surface area contributed by atoms with Gasteiger partial charge in [0.05, 0.1) is 5.52 Å². The number of nitrogens with two attached hydrogens (primary N) is 1. The Morgan fingerprint density at radius 3 is 2.47 bits per heavy atom. The van der Waals surface area contributed by atoms with Gasteiger partial charge in [0.1, 0.15) is 5.82 Å². The molecule has 3 heteroatoms. The third-order valence-corrected chi connectivity index (χ3v) is 3.03. The molecule has 2 N–H and O–H groups in total. The fourth-order valence-corrected chi connectivity index (χ4v) is 2.14. The largest absolute Gasteiger partial charge is 0.349 e. The van der Waals surface area contributed by atoms with Crippen LogP contribution in [-0.4, -0.2) is 18.1 Å². The highest BCUT2D eigenvalue weighted by atomic mass is 15.2. The summed E-state index contributed by atoms with van der Waals surface area (Å²) in [5, 5.41) is 1.12. The first-order chi connectivity index (χ1) is 9.30. The second-order valence-corrected chi connectivity index (χ2v) is 4.34. The monoisotopic (exact) mass is 253 g/mol. The van der Waals surface area contributed by atoms with E-state index in [0.29, 0.717) is 6.54 Å². The van der Waals surface area contributed by atoms with Gasteiger partial charge in [-0.05, 0) is 17.7 Å². The third kappa shape index (κ3) is 2.83. The first kappa shape index (κ1) is 13.3. The van der Waals surface area contributed by atoms with Gasteiger partial charge < -0.3 is 10.6 Å². The van der Waals surface area contributed by atoms with Crippen LogP contribution in [0.5, 0.6) is 0 Å². The predicted octanol–water partition coefficient (Wildman–Crippen LogP) is 2.87. The molecule has 3 nitrogen and oxygen atoms in total. The van der Waals surface area contributed by atoms with Crippen LogP contribution < -0.4 is 10.6 Å². The Morgan fingerprint density at radius 1 is 1.16 bits per heavy atom. The van der Waals surface area contributed by atoms with Gasteiger partial charge in [-0.1, -0.05) is 30.4 Å². The number of hydrogen-bond acceptors (Lipinski definition) is 3. The number of para-hydroxylation sites is 1. The molecule has 19 heavy (non-hydrogen) atoms. The molecule has 0 aliphatic heterocycles. The second kappa shape index (κ2) is 6.16. The van der Waals surface area contributed by atoms with Crippen LogP contribution in [0, 0.1) is 0 Å². The van der Waals surface area contributed by atoms with Gasteiger partial charge in [0.25, 0.3) is 0 Å². The van der Waals surface area contributed by atoms with Gasteiger partial charge in [-0.2, -0.15) is 0 Å². The van der Waals surface area contributed by atoms with Crippen LogP contribution in [0.15, 0.2) is 55.6 Å². The van der Waals surface area contributed by atoms with E-state index in [1.165, 1.54) is 0 Å². The summed E-state index contributed by atoms with van der Waals surface area (Å²) in [6.45, 7) is 9.55. The number of aromatic nitrogens is 1. The molecule has 0 spiro atoms. The summed E-state index contributed by atoms with van der Waals surface area (Å²) in [6.07, 6.45) is 3.73. The van der Waals surface area contributed by atoms with Crippen molar-refractivity contribution in [2.75, 3.05) is 18.0 Å². The van der Waals surface area contributed by atoms with E-state index in [4.69, 9.17) is 10.7 Å². The predicted molar refractivity (Wildman–Crippen MR) is 82.2 cm³/mol. The maximum atomic E-state index is 5.85.